The van der Waals surface area contributed by atoms with Gasteiger partial charge >= 0.3 is 0 Å². The van der Waals surface area contributed by atoms with Crippen LogP contribution in [0.3, 0.4) is 0 Å². The van der Waals surface area contributed by atoms with Crippen molar-refractivity contribution in [3.05, 3.63) is 71.3 Å². The molecule has 0 aromatic heterocycles. The number of aliphatic hydroxyl groups excluding tert-OH is 9. The number of hydrogen-bond donors (Lipinski definition) is 9. The second-order valence-electron chi connectivity index (χ2n) is 32.4. The van der Waals surface area contributed by atoms with Gasteiger partial charge in [0.1, 0.15) is 63.2 Å². The molecule has 6 unspecified atom stereocenters. The van der Waals surface area contributed by atoms with E-state index < -0.39 is 18.3 Å². The summed E-state index contributed by atoms with van der Waals surface area (Å²) >= 11 is 0. The monoisotopic (exact) mass is 1510 g/mol. The average molecular weight is 1510 g/mol. The van der Waals surface area contributed by atoms with Crippen molar-refractivity contribution in [3.63, 3.8) is 0 Å². The number of piperazine rings is 5. The first-order valence-corrected chi connectivity index (χ1v) is 37.9. The highest BCUT2D eigenvalue weighted by atomic mass is 16.5. The lowest BCUT2D eigenvalue weighted by molar-refractivity contribution is -0.916. The molecule has 2 aromatic carbocycles. The summed E-state index contributed by atoms with van der Waals surface area (Å²) in [6, 6.07) is 18.8. The topological polar surface area (TPSA) is 394 Å². The summed E-state index contributed by atoms with van der Waals surface area (Å²) in [5, 5.41) is 86.6. The molecular formula is C76H156N10O19. The van der Waals surface area contributed by atoms with Crippen LogP contribution in [0.15, 0.2) is 54.6 Å². The maximum Gasteiger partial charge on any atom is 0.126 e. The molecule has 105 heavy (non-hydrogen) atoms. The number of quaternary nitrogens is 5. The third-order valence-electron chi connectivity index (χ3n) is 20.0. The fourth-order valence-corrected chi connectivity index (χ4v) is 13.3. The van der Waals surface area contributed by atoms with Crippen LogP contribution < -0.4 is 0 Å². The van der Waals surface area contributed by atoms with E-state index in [1.54, 1.807) is 0 Å². The van der Waals surface area contributed by atoms with Gasteiger partial charge in [0.05, 0.1) is 190 Å². The first kappa shape index (κ1) is 106. The van der Waals surface area contributed by atoms with E-state index >= 15 is 0 Å². The Labute approximate surface area is 634 Å². The summed E-state index contributed by atoms with van der Waals surface area (Å²) in [7, 11) is 13.2. The number of nitrogens with zero attached hydrogens (tertiary/aromatic N) is 10. The fourth-order valence-electron chi connectivity index (χ4n) is 13.3. The Morgan fingerprint density at radius 3 is 0.838 bits per heavy atom. The molecule has 5 aliphatic rings. The normalized spacial score (nSPS) is 20.5. The van der Waals surface area contributed by atoms with Crippen molar-refractivity contribution in [1.82, 2.24) is 24.5 Å². The van der Waals surface area contributed by atoms with Gasteiger partial charge in [-0.2, -0.15) is 0 Å². The third-order valence-corrected chi connectivity index (χ3v) is 20.0. The van der Waals surface area contributed by atoms with Crippen LogP contribution >= 0.6 is 0 Å². The predicted molar refractivity (Wildman–Crippen MR) is 409 cm³/mol. The Hall–Kier alpha value is -2.72. The van der Waals surface area contributed by atoms with E-state index in [0.29, 0.717) is 46.1 Å². The number of β-amino-alcohol motifs (C(OH)–C–C–N with tert-alkyl or cyclic N) is 2. The first-order valence-electron chi connectivity index (χ1n) is 37.9. The highest BCUT2D eigenvalue weighted by Gasteiger charge is 2.36. The lowest BCUT2D eigenvalue weighted by Gasteiger charge is -2.43. The van der Waals surface area contributed by atoms with Crippen molar-refractivity contribution in [2.45, 2.75) is 156 Å². The van der Waals surface area contributed by atoms with Crippen molar-refractivity contribution in [2.75, 3.05) is 265 Å². The van der Waals surface area contributed by atoms with Crippen LogP contribution in [0.4, 0.5) is 0 Å². The van der Waals surface area contributed by atoms with Crippen LogP contribution in [0.25, 0.3) is 0 Å². The van der Waals surface area contributed by atoms with Gasteiger partial charge in [0, 0.05) is 91.6 Å². The zero-order valence-electron chi connectivity index (χ0n) is 68.0. The van der Waals surface area contributed by atoms with Gasteiger partial charge in [0.25, 0.3) is 0 Å². The summed E-state index contributed by atoms with van der Waals surface area (Å²) in [6.45, 7) is 49.9. The summed E-state index contributed by atoms with van der Waals surface area (Å²) < 4.78 is 31.9. The highest BCUT2D eigenvalue weighted by molar-refractivity contribution is 5.22. The molecule has 0 amide bonds. The van der Waals surface area contributed by atoms with Gasteiger partial charge in [0.15, 0.2) is 0 Å². The van der Waals surface area contributed by atoms with Gasteiger partial charge < -0.3 is 119 Å². The second-order valence-corrected chi connectivity index (χ2v) is 32.4. The van der Waals surface area contributed by atoms with E-state index in [4.69, 9.17) is 39.0 Å². The van der Waals surface area contributed by atoms with E-state index in [1.165, 1.54) is 11.1 Å². The van der Waals surface area contributed by atoms with Gasteiger partial charge in [-0.3, -0.25) is 24.5 Å². The Morgan fingerprint density at radius 2 is 0.581 bits per heavy atom. The molecule has 0 radical (unpaired) electrons. The molecule has 0 bridgehead atoms. The van der Waals surface area contributed by atoms with Gasteiger partial charge in [-0.05, 0) is 93.0 Å². The summed E-state index contributed by atoms with van der Waals surface area (Å²) in [4.78, 5) is 11.8. The molecule has 29 nitrogen and oxygen atoms in total. The number of aliphatic hydroxyl groups is 9. The minimum atomic E-state index is -0.656. The third kappa shape index (κ3) is 48.0. The largest absolute Gasteiger partial charge is 0.870 e. The number of ether oxygens (including phenoxy) is 5. The molecule has 2 aromatic rings. The maximum atomic E-state index is 10.2. The predicted octanol–water partition coefficient (Wildman–Crippen LogP) is 0.656. The van der Waals surface area contributed by atoms with E-state index in [1.807, 2.05) is 81.4 Å². The summed E-state index contributed by atoms with van der Waals surface area (Å²) in [6.07, 6.45) is -1.71. The van der Waals surface area contributed by atoms with Gasteiger partial charge in [-0.1, -0.05) is 54.6 Å². The van der Waals surface area contributed by atoms with Crippen molar-refractivity contribution < 1.29 is 119 Å². The van der Waals surface area contributed by atoms with Crippen LogP contribution in [0.2, 0.25) is 0 Å². The quantitative estimate of drug-likeness (QED) is 0.0428. The molecule has 5 saturated heterocycles. The van der Waals surface area contributed by atoms with E-state index in [0.717, 1.165) is 205 Å². The maximum absolute atomic E-state index is 10.2. The molecule has 0 aliphatic carbocycles. The van der Waals surface area contributed by atoms with Crippen LogP contribution in [-0.2, 0) is 43.4 Å². The van der Waals surface area contributed by atoms with Crippen molar-refractivity contribution in [3.8, 4) is 0 Å². The molecule has 0 saturated carbocycles. The molecule has 5 fully saturated rings. The molecule has 6 atom stereocenters. The molecule has 0 spiro atoms. The molecule has 5 aliphatic heterocycles. The molecule has 7 rings (SSSR count). The Kier molecular flexibility index (Phi) is 56.4. The summed E-state index contributed by atoms with van der Waals surface area (Å²) in [5.41, 5.74) is 3.62. The van der Waals surface area contributed by atoms with Crippen molar-refractivity contribution >= 4 is 0 Å². The second kappa shape index (κ2) is 55.7. The lowest BCUT2D eigenvalue weighted by atomic mass is 10.1. The zero-order chi connectivity index (χ0) is 74.5. The number of rotatable bonds is 35. The zero-order valence-corrected chi connectivity index (χ0v) is 68.0. The SMILES string of the molecule is CC(C)OCC(O)C[N+]1(C)CCN(C)CC1.CC(C)OCC(O)C[N+]1(C)CCN(CC(O)CO)CC1.CC(C)OCC(O)C[N+]1(C)CCN(CCO)CC1.CC(C)OCC(O)C[N+]1(C)CCN(Cc2ccc(CO)cc2)CC1.CC(C)OCC(O)C[N+]1(C)CCN(Cc2ccccc2)CC1.[OH-].[OH-].[OH-].[OH-].[OH-]. The highest BCUT2D eigenvalue weighted by Crippen LogP contribution is 2.19. The summed E-state index contributed by atoms with van der Waals surface area (Å²) in [5.74, 6) is 0. The standard InChI is InChI=1S/C19H33N2O3.C18H31N2O2.C14H31N2O4.C13H29N2O3.C12H27N2O2.5H2O/c1-16(2)24-15-19(23)13-21(3)10-8-20(9-11-21)12-17-4-6-18(14-22)7-5-17;1-16(2)22-15-18(21)14-20(3)11-9-19(10-12-20)13-17-7-5-4-6-8-17;1-12(2)20-11-14(19)9-16(3)6-4-15(5-7-16)8-13(18)10-17;1-12(2)18-11-13(17)10-15(3)7-4-14(5-8-15)6-9-16;1-11(2)16-10-12(15)9-14(4)7-5-13(3)6-8-14;;;;;/h4-7,16,19,22-23H,8-15H2,1-3H3;4-8,16,18,21H,9-15H2,1-3H3;12-14,17-19H,4-11H2,1-3H3;12-13,16-17H,4-11H2,1-3H3;11-12,15H,5-10H2,1-4H3;5*1H2/q5*+1;;;;;/p-5. The van der Waals surface area contributed by atoms with Gasteiger partial charge in [-0.15, -0.1) is 0 Å². The number of hydrogen-bond acceptors (Lipinski definition) is 24. The smallest absolute Gasteiger partial charge is 0.126 e. The van der Waals surface area contributed by atoms with E-state index in [9.17, 15) is 30.6 Å². The number of likely N-dealkylation sites (N-methyl/N-ethyl adjacent to an activating group) is 6. The average Bonchev–Trinajstić information content (AvgIpc) is 0.855. The minimum absolute atomic E-state index is 0. The van der Waals surface area contributed by atoms with E-state index in [2.05, 4.69) is 109 Å². The molecule has 624 valence electrons. The molecular weight excluding hydrogens is 1360 g/mol. The van der Waals surface area contributed by atoms with Crippen molar-refractivity contribution in [2.24, 2.45) is 0 Å². The Balaban J connectivity index is -0.00000123. The van der Waals surface area contributed by atoms with Crippen LogP contribution in [0.1, 0.15) is 85.9 Å². The van der Waals surface area contributed by atoms with Crippen LogP contribution in [-0.4, -0.2) is 453 Å². The first-order chi connectivity index (χ1) is 47.1. The minimum Gasteiger partial charge on any atom is -0.870 e. The molecule has 14 N–H and O–H groups in total. The van der Waals surface area contributed by atoms with Crippen LogP contribution in [0, 0.1) is 0 Å². The molecule has 5 heterocycles. The van der Waals surface area contributed by atoms with Crippen molar-refractivity contribution in [1.29, 1.82) is 0 Å². The Bertz CT molecular complexity index is 2350. The fraction of sp³-hybridized carbons (Fsp3) is 0.842. The van der Waals surface area contributed by atoms with E-state index in [-0.39, 0.29) is 96.0 Å². The Morgan fingerprint density at radius 1 is 0.333 bits per heavy atom. The van der Waals surface area contributed by atoms with Gasteiger partial charge in [0.2, 0.25) is 0 Å². The van der Waals surface area contributed by atoms with Crippen LogP contribution in [0.5, 0.6) is 0 Å². The van der Waals surface area contributed by atoms with Gasteiger partial charge in [-0.25, -0.2) is 0 Å². The molecule has 29 heteroatoms. The number of benzene rings is 2. The lowest BCUT2D eigenvalue weighted by Crippen LogP contribution is -2.60.